The molecule has 0 saturated heterocycles. The number of hydrogen-bond acceptors (Lipinski definition) is 3. The number of rotatable bonds is 3. The van der Waals surface area contributed by atoms with Gasteiger partial charge in [-0.05, 0) is 42.8 Å². The van der Waals surface area contributed by atoms with Crippen molar-refractivity contribution in [2.24, 2.45) is 4.99 Å². The first-order chi connectivity index (χ1) is 12.6. The van der Waals surface area contributed by atoms with Gasteiger partial charge in [0.15, 0.2) is 0 Å². The minimum atomic E-state index is -0.0272. The lowest BCUT2D eigenvalue weighted by Crippen LogP contribution is -2.28. The maximum atomic E-state index is 13.0. The minimum absolute atomic E-state index is 0.0272. The summed E-state index contributed by atoms with van der Waals surface area (Å²) in [7, 11) is 0. The molecule has 0 fully saturated rings. The van der Waals surface area contributed by atoms with Crippen LogP contribution < -0.4 is 5.49 Å². The van der Waals surface area contributed by atoms with E-state index in [0.717, 1.165) is 27.3 Å². The van der Waals surface area contributed by atoms with Crippen LogP contribution in [0.4, 0.5) is 0 Å². The Hall–Kier alpha value is -3.14. The van der Waals surface area contributed by atoms with E-state index in [4.69, 9.17) is 4.42 Å². The molecule has 0 unspecified atom stereocenters. The van der Waals surface area contributed by atoms with Gasteiger partial charge >= 0.3 is 0 Å². The number of pyridine rings is 1. The van der Waals surface area contributed by atoms with Crippen LogP contribution in [-0.4, -0.2) is 16.5 Å². The van der Waals surface area contributed by atoms with Gasteiger partial charge in [0.2, 0.25) is 5.91 Å². The Morgan fingerprint density at radius 2 is 1.88 bits per heavy atom. The highest BCUT2D eigenvalue weighted by atomic mass is 16.3. The summed E-state index contributed by atoms with van der Waals surface area (Å²) in [6.45, 7) is 4.00. The van der Waals surface area contributed by atoms with Crippen molar-refractivity contribution in [2.75, 3.05) is 0 Å². The summed E-state index contributed by atoms with van der Waals surface area (Å²) in [6.07, 6.45) is 3.72. The Kier molecular flexibility index (Phi) is 4.17. The van der Waals surface area contributed by atoms with E-state index >= 15 is 0 Å². The van der Waals surface area contributed by atoms with Crippen molar-refractivity contribution in [2.45, 2.75) is 26.3 Å². The molecule has 0 spiro atoms. The second-order valence-electron chi connectivity index (χ2n) is 6.64. The minimum Gasteiger partial charge on any atom is -0.464 e. The van der Waals surface area contributed by atoms with E-state index in [-0.39, 0.29) is 18.4 Å². The topological polar surface area (TPSA) is 47.5 Å². The molecule has 0 aliphatic rings. The molecule has 2 aromatic heterocycles. The molecule has 0 saturated carbocycles. The summed E-state index contributed by atoms with van der Waals surface area (Å²) in [6, 6.07) is 17.9. The smallest absolute Gasteiger partial charge is 0.236 e. The van der Waals surface area contributed by atoms with Crippen molar-refractivity contribution in [1.82, 2.24) is 4.57 Å². The van der Waals surface area contributed by atoms with Crippen LogP contribution in [0.1, 0.15) is 24.2 Å². The molecule has 4 rings (SSSR count). The Morgan fingerprint density at radius 1 is 1.08 bits per heavy atom. The van der Waals surface area contributed by atoms with Gasteiger partial charge in [0.1, 0.15) is 11.1 Å². The number of benzene rings is 2. The fourth-order valence-electron chi connectivity index (χ4n) is 3.27. The number of nitrogens with zero attached hydrogens (tertiary/aromatic N) is 2. The Balaban J connectivity index is 1.79. The Morgan fingerprint density at radius 3 is 2.73 bits per heavy atom. The van der Waals surface area contributed by atoms with Gasteiger partial charge < -0.3 is 4.42 Å². The fraction of sp³-hybridized carbons (Fsp3) is 0.182. The lowest BCUT2D eigenvalue weighted by molar-refractivity contribution is 0.0908. The van der Waals surface area contributed by atoms with E-state index in [1.807, 2.05) is 56.3 Å². The summed E-state index contributed by atoms with van der Waals surface area (Å²) in [5.41, 5.74) is 2.37. The first-order valence-corrected chi connectivity index (χ1v) is 8.76. The lowest BCUT2D eigenvalue weighted by atomic mass is 10.0. The molecule has 4 aromatic rings. The van der Waals surface area contributed by atoms with Crippen LogP contribution in [0.15, 0.2) is 76.5 Å². The van der Waals surface area contributed by atoms with Gasteiger partial charge in [-0.2, -0.15) is 0 Å². The van der Waals surface area contributed by atoms with E-state index in [2.05, 4.69) is 17.1 Å². The van der Waals surface area contributed by atoms with Gasteiger partial charge in [0, 0.05) is 23.2 Å². The number of carbonyl (C=O) groups excluding carboxylic acids is 1. The molecular formula is C22H20N2O2. The molecule has 2 aromatic carbocycles. The quantitative estimate of drug-likeness (QED) is 0.546. The first kappa shape index (κ1) is 16.3. The van der Waals surface area contributed by atoms with Gasteiger partial charge in [-0.25, -0.2) is 0 Å². The molecule has 130 valence electrons. The zero-order valence-electron chi connectivity index (χ0n) is 14.8. The highest BCUT2D eigenvalue weighted by Gasteiger charge is 2.14. The van der Waals surface area contributed by atoms with E-state index < -0.39 is 0 Å². The number of hydrogen-bond donors (Lipinski definition) is 0. The highest BCUT2D eigenvalue weighted by Crippen LogP contribution is 2.30. The van der Waals surface area contributed by atoms with Crippen molar-refractivity contribution in [3.05, 3.63) is 78.1 Å². The molecule has 0 N–H and O–H groups in total. The second kappa shape index (κ2) is 6.64. The summed E-state index contributed by atoms with van der Waals surface area (Å²) in [4.78, 5) is 17.5. The van der Waals surface area contributed by atoms with Crippen LogP contribution in [0.5, 0.6) is 0 Å². The Bertz CT molecular complexity index is 1170. The average molecular weight is 344 g/mol. The number of carbonyl (C=O) groups is 1. The standard InChI is InChI=1S/C22H20N2O2/c1-15(2)23-20-9-5-6-12-24(20)21(25)13-17-14-26-19-11-10-16-7-3-4-8-18(16)22(17)19/h3-12,14-15H,13H2,1-2H3. The maximum absolute atomic E-state index is 13.0. The van der Waals surface area contributed by atoms with Crippen LogP contribution in [0.2, 0.25) is 0 Å². The largest absolute Gasteiger partial charge is 0.464 e. The van der Waals surface area contributed by atoms with Gasteiger partial charge in [-0.3, -0.25) is 14.4 Å². The van der Waals surface area contributed by atoms with Gasteiger partial charge in [0.05, 0.1) is 12.7 Å². The second-order valence-corrected chi connectivity index (χ2v) is 6.64. The maximum Gasteiger partial charge on any atom is 0.236 e. The molecule has 0 amide bonds. The molecule has 0 aliphatic carbocycles. The van der Waals surface area contributed by atoms with Gasteiger partial charge in [-0.1, -0.05) is 36.4 Å². The molecule has 2 heterocycles. The van der Waals surface area contributed by atoms with Crippen molar-refractivity contribution in [3.63, 3.8) is 0 Å². The molecule has 4 nitrogen and oxygen atoms in total. The lowest BCUT2D eigenvalue weighted by Gasteiger charge is -2.07. The van der Waals surface area contributed by atoms with E-state index in [1.165, 1.54) is 0 Å². The molecule has 0 radical (unpaired) electrons. The van der Waals surface area contributed by atoms with Crippen molar-refractivity contribution in [1.29, 1.82) is 0 Å². The number of aromatic nitrogens is 1. The van der Waals surface area contributed by atoms with Crippen molar-refractivity contribution < 1.29 is 9.21 Å². The van der Waals surface area contributed by atoms with E-state index in [1.54, 1.807) is 17.0 Å². The van der Waals surface area contributed by atoms with Crippen molar-refractivity contribution >= 4 is 27.6 Å². The molecule has 0 bridgehead atoms. The zero-order chi connectivity index (χ0) is 18.1. The Labute approximate surface area is 151 Å². The van der Waals surface area contributed by atoms with E-state index in [0.29, 0.717) is 5.49 Å². The first-order valence-electron chi connectivity index (χ1n) is 8.76. The third-order valence-electron chi connectivity index (χ3n) is 4.38. The predicted octanol–water partition coefficient (Wildman–Crippen LogP) is 4.58. The predicted molar refractivity (Wildman–Crippen MR) is 103 cm³/mol. The van der Waals surface area contributed by atoms with Crippen LogP contribution in [0.3, 0.4) is 0 Å². The summed E-state index contributed by atoms with van der Waals surface area (Å²) >= 11 is 0. The fourth-order valence-corrected chi connectivity index (χ4v) is 3.27. The number of furan rings is 1. The van der Waals surface area contributed by atoms with Crippen molar-refractivity contribution in [3.8, 4) is 0 Å². The summed E-state index contributed by atoms with van der Waals surface area (Å²) in [5, 5.41) is 3.25. The van der Waals surface area contributed by atoms with Crippen LogP contribution in [-0.2, 0) is 6.42 Å². The third-order valence-corrected chi connectivity index (χ3v) is 4.38. The molecule has 0 aliphatic heterocycles. The number of fused-ring (bicyclic) bond motifs is 3. The molecule has 4 heteroatoms. The average Bonchev–Trinajstić information content (AvgIpc) is 3.05. The normalized spacial score (nSPS) is 12.3. The molecular weight excluding hydrogens is 324 g/mol. The van der Waals surface area contributed by atoms with E-state index in [9.17, 15) is 4.79 Å². The third kappa shape index (κ3) is 2.94. The zero-order valence-corrected chi connectivity index (χ0v) is 14.8. The van der Waals surface area contributed by atoms with Crippen LogP contribution in [0, 0.1) is 0 Å². The summed E-state index contributed by atoms with van der Waals surface area (Å²) < 4.78 is 7.32. The monoisotopic (exact) mass is 344 g/mol. The summed E-state index contributed by atoms with van der Waals surface area (Å²) in [5.74, 6) is -0.0272. The SMILES string of the molecule is CC(C)N=c1ccccn1C(=O)Cc1coc2ccc3ccccc3c12. The molecule has 0 atom stereocenters. The highest BCUT2D eigenvalue weighted by molar-refractivity contribution is 6.08. The van der Waals surface area contributed by atoms with Gasteiger partial charge in [-0.15, -0.1) is 0 Å². The van der Waals surface area contributed by atoms with Crippen LogP contribution in [0.25, 0.3) is 21.7 Å². The van der Waals surface area contributed by atoms with Crippen LogP contribution >= 0.6 is 0 Å². The molecule has 26 heavy (non-hydrogen) atoms. The van der Waals surface area contributed by atoms with Gasteiger partial charge in [0.25, 0.3) is 0 Å².